The Morgan fingerprint density at radius 2 is 1.19 bits per heavy atom. The van der Waals surface area contributed by atoms with Crippen molar-refractivity contribution in [2.75, 3.05) is 19.4 Å². The molecule has 0 saturated carbocycles. The van der Waals surface area contributed by atoms with Gasteiger partial charge < -0.3 is 4.74 Å². The normalized spacial score (nSPS) is 15.0. The van der Waals surface area contributed by atoms with Crippen molar-refractivity contribution >= 4 is 47.1 Å². The Bertz CT molecular complexity index is 1470. The molecule has 0 unspecified atom stereocenters. The maximum atomic E-state index is 6.02. The van der Waals surface area contributed by atoms with Gasteiger partial charge in [-0.15, -0.1) is 7.53 Å². The molecule has 0 radical (unpaired) electrons. The van der Waals surface area contributed by atoms with Gasteiger partial charge in [0.05, 0.1) is 13.2 Å². The molecule has 5 aromatic rings. The van der Waals surface area contributed by atoms with E-state index >= 15 is 0 Å². The Balaban J connectivity index is 1.46. The Morgan fingerprint density at radius 1 is 0.694 bits per heavy atom. The summed E-state index contributed by atoms with van der Waals surface area (Å²) in [7, 11) is -0.867. The summed E-state index contributed by atoms with van der Waals surface area (Å²) in [6, 6.07) is 32.4. The van der Waals surface area contributed by atoms with Crippen LogP contribution in [0.1, 0.15) is 22.3 Å². The lowest BCUT2D eigenvalue weighted by Crippen LogP contribution is -2.47. The van der Waals surface area contributed by atoms with E-state index in [-0.39, 0.29) is 12.9 Å². The fourth-order valence-corrected chi connectivity index (χ4v) is 12.3. The van der Waals surface area contributed by atoms with Gasteiger partial charge in [-0.2, -0.15) is 0 Å². The number of hydrogen-bond acceptors (Lipinski definition) is 1. The third-order valence-corrected chi connectivity index (χ3v) is 13.9. The summed E-state index contributed by atoms with van der Waals surface area (Å²) >= 11 is 0. The van der Waals surface area contributed by atoms with Gasteiger partial charge >= 0.3 is 0 Å². The van der Waals surface area contributed by atoms with E-state index in [9.17, 15) is 0 Å². The lowest BCUT2D eigenvalue weighted by molar-refractivity contribution is -0.0917. The molecule has 1 saturated heterocycles. The lowest BCUT2D eigenvalue weighted by Gasteiger charge is -2.44. The van der Waals surface area contributed by atoms with E-state index in [2.05, 4.69) is 113 Å². The second-order valence-electron chi connectivity index (χ2n) is 10.8. The molecule has 1 aliphatic rings. The molecule has 0 spiro atoms. The van der Waals surface area contributed by atoms with Crippen molar-refractivity contribution in [3.63, 3.8) is 0 Å². The predicted molar refractivity (Wildman–Crippen MR) is 160 cm³/mol. The highest BCUT2D eigenvalue weighted by Gasteiger charge is 2.42. The summed E-state index contributed by atoms with van der Waals surface area (Å²) in [5, 5.41) is 9.08. The zero-order valence-corrected chi connectivity index (χ0v) is 23.5. The molecule has 1 aromatic heterocycles. The molecule has 0 aliphatic carbocycles. The van der Waals surface area contributed by atoms with Crippen LogP contribution in [0.15, 0.2) is 84.9 Å². The predicted octanol–water partition coefficient (Wildman–Crippen LogP) is 8.36. The van der Waals surface area contributed by atoms with Gasteiger partial charge in [-0.05, 0) is 80.4 Å². The highest BCUT2D eigenvalue weighted by molar-refractivity contribution is 7.73. The van der Waals surface area contributed by atoms with Gasteiger partial charge in [-0.25, -0.2) is 0 Å². The van der Waals surface area contributed by atoms with Crippen molar-refractivity contribution in [3.05, 3.63) is 107 Å². The van der Waals surface area contributed by atoms with Crippen LogP contribution < -0.4 is 10.6 Å². The van der Waals surface area contributed by atoms with Crippen LogP contribution in [0, 0.1) is 33.1 Å². The van der Waals surface area contributed by atoms with Gasteiger partial charge in [-0.3, -0.25) is 0 Å². The van der Waals surface area contributed by atoms with E-state index in [0.717, 1.165) is 13.2 Å². The van der Waals surface area contributed by atoms with Gasteiger partial charge in [0.2, 0.25) is 0 Å². The summed E-state index contributed by atoms with van der Waals surface area (Å²) < 4.78 is 6.02. The molecule has 0 amide bonds. The molecular weight excluding hydrogens is 474 g/mol. The van der Waals surface area contributed by atoms with E-state index in [1.807, 2.05) is 0 Å². The topological polar surface area (TPSA) is 9.23 Å². The zero-order valence-electron chi connectivity index (χ0n) is 21.7. The summed E-state index contributed by atoms with van der Waals surface area (Å²) in [5.74, 6) is 0. The molecule has 36 heavy (non-hydrogen) atoms. The number of ether oxygens (including phenoxy) is 1. The van der Waals surface area contributed by atoms with Crippen LogP contribution in [0.4, 0.5) is 0 Å². The third-order valence-electron chi connectivity index (χ3n) is 7.77. The lowest BCUT2D eigenvalue weighted by atomic mass is 9.91. The van der Waals surface area contributed by atoms with Crippen LogP contribution in [0.2, 0.25) is 0 Å². The van der Waals surface area contributed by atoms with Crippen molar-refractivity contribution in [2.24, 2.45) is 5.41 Å². The smallest absolute Gasteiger partial charge is 0.0554 e. The van der Waals surface area contributed by atoms with Gasteiger partial charge in [-0.1, -0.05) is 96.1 Å². The molecule has 0 bridgehead atoms. The maximum absolute atomic E-state index is 6.02. The first kappa shape index (κ1) is 23.9. The molecule has 1 fully saturated rings. The zero-order chi connectivity index (χ0) is 24.9. The molecule has 4 aromatic carbocycles. The quantitative estimate of drug-likeness (QED) is 0.209. The summed E-state index contributed by atoms with van der Waals surface area (Å²) in [4.78, 5) is 0. The minimum Gasteiger partial charge on any atom is -0.380 e. The van der Waals surface area contributed by atoms with Crippen LogP contribution in [0.3, 0.4) is 0 Å². The molecular formula is C33H34OP2. The van der Waals surface area contributed by atoms with Crippen LogP contribution >= 0.6 is 15.5 Å². The highest BCUT2D eigenvalue weighted by atomic mass is 31.1. The monoisotopic (exact) mass is 508 g/mol. The molecule has 182 valence electrons. The number of aryl methyl sites for hydroxylation is 4. The van der Waals surface area contributed by atoms with Gasteiger partial charge in [0.1, 0.15) is 0 Å². The summed E-state index contributed by atoms with van der Waals surface area (Å²) in [5.41, 5.74) is 5.76. The number of rotatable bonds is 6. The first-order chi connectivity index (χ1) is 17.4. The average Bonchev–Trinajstić information content (AvgIpc) is 3.15. The Labute approximate surface area is 217 Å². The Hall–Kier alpha value is -2.43. The van der Waals surface area contributed by atoms with E-state index in [1.54, 1.807) is 10.2 Å². The standard InChI is InChI=1S/C33H34OP2/c1-23-13-15-29(25(3)17-23)35(30-16-14-24(2)18-26(30)4)21-33(19-34-20-33)22-36-31-11-7-5-9-27(31)28-10-6-8-12-32(28)36/h5-18H,19-22H2,1-4H3. The minimum absolute atomic E-state index is 0.219. The third kappa shape index (κ3) is 4.22. The van der Waals surface area contributed by atoms with Crippen LogP contribution in [0.25, 0.3) is 21.0 Å². The van der Waals surface area contributed by atoms with E-state index < -0.39 is 7.92 Å². The number of fused-ring (bicyclic) bond motifs is 3. The fourth-order valence-electron chi connectivity index (χ4n) is 5.98. The van der Waals surface area contributed by atoms with Crippen LogP contribution in [0.5, 0.6) is 0 Å². The molecule has 2 heterocycles. The van der Waals surface area contributed by atoms with E-state index in [4.69, 9.17) is 4.74 Å². The summed E-state index contributed by atoms with van der Waals surface area (Å²) in [6.45, 7) is 10.8. The number of benzene rings is 4. The van der Waals surface area contributed by atoms with Gasteiger partial charge in [0, 0.05) is 15.7 Å². The first-order valence-electron chi connectivity index (χ1n) is 12.9. The average molecular weight is 509 g/mol. The Morgan fingerprint density at radius 3 is 1.64 bits per heavy atom. The Kier molecular flexibility index (Phi) is 6.29. The van der Waals surface area contributed by atoms with Crippen LogP contribution in [-0.2, 0) is 10.9 Å². The van der Waals surface area contributed by atoms with Gasteiger partial charge in [0.15, 0.2) is 0 Å². The minimum atomic E-state index is -0.484. The SMILES string of the molecule is Cc1ccc(P(CC2(Cp3c4ccccc4c4ccccc43)COC2)c2ccc(C)cc2C)c(C)c1. The van der Waals surface area contributed by atoms with Crippen molar-refractivity contribution < 1.29 is 4.74 Å². The largest absolute Gasteiger partial charge is 0.380 e. The van der Waals surface area contributed by atoms with Crippen molar-refractivity contribution in [2.45, 2.75) is 33.9 Å². The molecule has 3 heteroatoms. The molecule has 0 atom stereocenters. The first-order valence-corrected chi connectivity index (χ1v) is 16.0. The van der Waals surface area contributed by atoms with Gasteiger partial charge in [0.25, 0.3) is 0 Å². The highest BCUT2D eigenvalue weighted by Crippen LogP contribution is 2.57. The molecule has 1 nitrogen and oxygen atoms in total. The second kappa shape index (κ2) is 9.46. The van der Waals surface area contributed by atoms with E-state index in [1.165, 1.54) is 56.0 Å². The molecule has 6 rings (SSSR count). The number of hydrogen-bond donors (Lipinski definition) is 0. The van der Waals surface area contributed by atoms with Crippen molar-refractivity contribution in [1.29, 1.82) is 0 Å². The van der Waals surface area contributed by atoms with E-state index in [0.29, 0.717) is 0 Å². The summed E-state index contributed by atoms with van der Waals surface area (Å²) in [6.07, 6.45) is 2.41. The van der Waals surface area contributed by atoms with Crippen molar-refractivity contribution in [3.8, 4) is 0 Å². The van der Waals surface area contributed by atoms with Crippen LogP contribution in [-0.4, -0.2) is 19.4 Å². The van der Waals surface area contributed by atoms with Crippen molar-refractivity contribution in [1.82, 2.24) is 0 Å². The fraction of sp³-hybridized carbons (Fsp3) is 0.273. The molecule has 0 N–H and O–H groups in total. The second-order valence-corrected chi connectivity index (χ2v) is 15.1. The molecule has 1 aliphatic heterocycles. The maximum Gasteiger partial charge on any atom is 0.0554 e.